The van der Waals surface area contributed by atoms with Crippen molar-refractivity contribution in [1.29, 1.82) is 0 Å². The van der Waals surface area contributed by atoms with E-state index in [0.29, 0.717) is 19.3 Å². The summed E-state index contributed by atoms with van der Waals surface area (Å²) in [5.74, 6) is -0.879. The van der Waals surface area contributed by atoms with E-state index < -0.39 is 6.10 Å². The number of unbranched alkanes of at least 4 members (excludes halogenated alkanes) is 32. The maximum Gasteiger partial charge on any atom is 0.306 e. The zero-order valence-corrected chi connectivity index (χ0v) is 45.1. The molecule has 0 saturated heterocycles. The van der Waals surface area contributed by atoms with Crippen molar-refractivity contribution in [2.75, 3.05) is 13.2 Å². The van der Waals surface area contributed by atoms with Gasteiger partial charge in [0.1, 0.15) is 13.2 Å². The summed E-state index contributed by atoms with van der Waals surface area (Å²) in [5, 5.41) is 0. The lowest BCUT2D eigenvalue weighted by atomic mass is 10.0. The van der Waals surface area contributed by atoms with Gasteiger partial charge in [0.2, 0.25) is 0 Å². The maximum atomic E-state index is 12.8. The molecule has 0 bridgehead atoms. The molecule has 0 heterocycles. The van der Waals surface area contributed by atoms with Gasteiger partial charge in [-0.05, 0) is 83.5 Å². The SMILES string of the molecule is CC/C=C\C/C=C\C/C=C\C/C=C\CCCCCCCCCCCCCCCCC(=O)OCC(COC(=O)CCCCCCCCC)OC(=O)CCCCCCC/C=C\CCCCCCCCC. The molecule has 0 saturated carbocycles. The van der Waals surface area contributed by atoms with E-state index in [-0.39, 0.29) is 31.1 Å². The van der Waals surface area contributed by atoms with Crippen molar-refractivity contribution in [3.8, 4) is 0 Å². The number of ether oxygens (including phenoxy) is 3. The Kier molecular flexibility index (Phi) is 54.3. The molecule has 0 aliphatic carbocycles. The Hall–Kier alpha value is -2.89. The second-order valence-corrected chi connectivity index (χ2v) is 19.5. The van der Waals surface area contributed by atoms with Crippen LogP contribution >= 0.6 is 0 Å². The van der Waals surface area contributed by atoms with Gasteiger partial charge >= 0.3 is 17.9 Å². The Morgan fingerprint density at radius 1 is 0.309 bits per heavy atom. The highest BCUT2D eigenvalue weighted by atomic mass is 16.6. The van der Waals surface area contributed by atoms with E-state index in [2.05, 4.69) is 81.5 Å². The van der Waals surface area contributed by atoms with Crippen LogP contribution in [0.25, 0.3) is 0 Å². The van der Waals surface area contributed by atoms with Crippen LogP contribution in [0.2, 0.25) is 0 Å². The Bertz CT molecular complexity index is 1230. The van der Waals surface area contributed by atoms with Gasteiger partial charge in [-0.25, -0.2) is 0 Å². The number of allylic oxidation sites excluding steroid dienone is 10. The van der Waals surface area contributed by atoms with E-state index in [9.17, 15) is 14.4 Å². The van der Waals surface area contributed by atoms with Gasteiger partial charge in [0, 0.05) is 19.3 Å². The molecule has 0 aromatic rings. The predicted molar refractivity (Wildman–Crippen MR) is 293 cm³/mol. The second-order valence-electron chi connectivity index (χ2n) is 19.5. The van der Waals surface area contributed by atoms with Crippen molar-refractivity contribution in [2.45, 2.75) is 303 Å². The quantitative estimate of drug-likeness (QED) is 0.0262. The largest absolute Gasteiger partial charge is 0.462 e. The molecule has 394 valence electrons. The fourth-order valence-corrected chi connectivity index (χ4v) is 8.37. The monoisotopic (exact) mass is 951 g/mol. The fourth-order valence-electron chi connectivity index (χ4n) is 8.37. The summed E-state index contributed by atoms with van der Waals surface area (Å²) in [6, 6.07) is 0. The Labute approximate surface area is 421 Å². The Balaban J connectivity index is 4.11. The van der Waals surface area contributed by atoms with E-state index in [1.165, 1.54) is 167 Å². The van der Waals surface area contributed by atoms with Crippen LogP contribution < -0.4 is 0 Å². The summed E-state index contributed by atoms with van der Waals surface area (Å²) >= 11 is 0. The van der Waals surface area contributed by atoms with Crippen LogP contribution in [0.3, 0.4) is 0 Å². The first-order valence-corrected chi connectivity index (χ1v) is 29.3. The first kappa shape index (κ1) is 65.1. The van der Waals surface area contributed by atoms with Crippen LogP contribution in [-0.4, -0.2) is 37.2 Å². The van der Waals surface area contributed by atoms with E-state index in [0.717, 1.165) is 89.9 Å². The van der Waals surface area contributed by atoms with Gasteiger partial charge in [0.05, 0.1) is 0 Å². The minimum absolute atomic E-state index is 0.0748. The summed E-state index contributed by atoms with van der Waals surface area (Å²) in [4.78, 5) is 37.9. The van der Waals surface area contributed by atoms with Gasteiger partial charge in [-0.3, -0.25) is 14.4 Å². The maximum absolute atomic E-state index is 12.8. The van der Waals surface area contributed by atoms with Gasteiger partial charge in [-0.1, -0.05) is 255 Å². The molecule has 0 fully saturated rings. The van der Waals surface area contributed by atoms with Crippen molar-refractivity contribution in [2.24, 2.45) is 0 Å². The molecule has 68 heavy (non-hydrogen) atoms. The van der Waals surface area contributed by atoms with Crippen molar-refractivity contribution in [1.82, 2.24) is 0 Å². The molecule has 1 atom stereocenters. The van der Waals surface area contributed by atoms with Gasteiger partial charge in [-0.15, -0.1) is 0 Å². The zero-order valence-electron chi connectivity index (χ0n) is 45.1. The molecule has 0 aliphatic heterocycles. The molecule has 6 nitrogen and oxygen atoms in total. The average molecular weight is 952 g/mol. The van der Waals surface area contributed by atoms with E-state index in [1.54, 1.807) is 0 Å². The van der Waals surface area contributed by atoms with Crippen LogP contribution in [-0.2, 0) is 28.6 Å². The molecular formula is C62H110O6. The third-order valence-corrected chi connectivity index (χ3v) is 12.8. The van der Waals surface area contributed by atoms with Crippen LogP contribution in [0.1, 0.15) is 297 Å². The highest BCUT2D eigenvalue weighted by Gasteiger charge is 2.19. The molecule has 0 aromatic heterocycles. The fraction of sp³-hybridized carbons (Fsp3) is 0.790. The normalized spacial score (nSPS) is 12.5. The number of hydrogen-bond donors (Lipinski definition) is 0. The lowest BCUT2D eigenvalue weighted by Crippen LogP contribution is -2.30. The molecule has 0 spiro atoms. The smallest absolute Gasteiger partial charge is 0.306 e. The molecule has 0 amide bonds. The molecule has 1 unspecified atom stereocenters. The van der Waals surface area contributed by atoms with Crippen molar-refractivity contribution in [3.05, 3.63) is 60.8 Å². The Morgan fingerprint density at radius 3 is 0.912 bits per heavy atom. The Morgan fingerprint density at radius 2 is 0.574 bits per heavy atom. The van der Waals surface area contributed by atoms with Crippen molar-refractivity contribution >= 4 is 17.9 Å². The third-order valence-electron chi connectivity index (χ3n) is 12.8. The molecule has 0 radical (unpaired) electrons. The number of esters is 3. The molecule has 0 rings (SSSR count). The highest BCUT2D eigenvalue weighted by molar-refractivity contribution is 5.71. The predicted octanol–water partition coefficient (Wildman–Crippen LogP) is 19.6. The molecule has 0 aliphatic rings. The van der Waals surface area contributed by atoms with Crippen LogP contribution in [0.4, 0.5) is 0 Å². The van der Waals surface area contributed by atoms with Crippen molar-refractivity contribution in [3.63, 3.8) is 0 Å². The van der Waals surface area contributed by atoms with Gasteiger partial charge in [0.25, 0.3) is 0 Å². The standard InChI is InChI=1S/C62H110O6/c1-4-7-10-13-16-18-20-22-24-26-27-28-29-30-31-32-33-34-35-36-38-39-41-43-46-49-52-55-61(64)67-58-59(57-66-60(63)54-51-48-45-15-12-9-6-3)68-62(65)56-53-50-47-44-42-40-37-25-23-21-19-17-14-11-8-5-2/h7,10,16,18,22,24-25,27-28,37,59H,4-6,8-9,11-15,17,19-21,23,26,29-36,38-58H2,1-3H3/b10-7-,18-16-,24-22-,28-27-,37-25-. The van der Waals surface area contributed by atoms with Crippen LogP contribution in [0.15, 0.2) is 60.8 Å². The van der Waals surface area contributed by atoms with Gasteiger partial charge < -0.3 is 14.2 Å². The molecular weight excluding hydrogens is 841 g/mol. The van der Waals surface area contributed by atoms with Crippen molar-refractivity contribution < 1.29 is 28.6 Å². The van der Waals surface area contributed by atoms with Gasteiger partial charge in [0.15, 0.2) is 6.10 Å². The highest BCUT2D eigenvalue weighted by Crippen LogP contribution is 2.16. The summed E-state index contributed by atoms with van der Waals surface area (Å²) in [6.07, 6.45) is 71.0. The summed E-state index contributed by atoms with van der Waals surface area (Å²) < 4.78 is 16.8. The molecule has 0 N–H and O–H groups in total. The number of hydrogen-bond acceptors (Lipinski definition) is 6. The second kappa shape index (κ2) is 56.7. The van der Waals surface area contributed by atoms with Crippen LogP contribution in [0.5, 0.6) is 0 Å². The molecule has 6 heteroatoms. The minimum atomic E-state index is -0.774. The zero-order chi connectivity index (χ0) is 49.3. The minimum Gasteiger partial charge on any atom is -0.462 e. The first-order chi connectivity index (χ1) is 33.5. The lowest BCUT2D eigenvalue weighted by molar-refractivity contribution is -0.167. The van der Waals surface area contributed by atoms with E-state index in [4.69, 9.17) is 14.2 Å². The van der Waals surface area contributed by atoms with E-state index >= 15 is 0 Å². The van der Waals surface area contributed by atoms with Gasteiger partial charge in [-0.2, -0.15) is 0 Å². The average Bonchev–Trinajstić information content (AvgIpc) is 3.34. The van der Waals surface area contributed by atoms with E-state index in [1.807, 2.05) is 0 Å². The topological polar surface area (TPSA) is 78.9 Å². The number of rotatable bonds is 53. The third kappa shape index (κ3) is 54.1. The summed E-state index contributed by atoms with van der Waals surface area (Å²) in [6.45, 7) is 6.50. The van der Waals surface area contributed by atoms with Crippen LogP contribution in [0, 0.1) is 0 Å². The first-order valence-electron chi connectivity index (χ1n) is 29.3. The summed E-state index contributed by atoms with van der Waals surface area (Å²) in [5.41, 5.74) is 0. The summed E-state index contributed by atoms with van der Waals surface area (Å²) in [7, 11) is 0. The molecule has 0 aromatic carbocycles. The number of carbonyl (C=O) groups excluding carboxylic acids is 3. The lowest BCUT2D eigenvalue weighted by Gasteiger charge is -2.18. The number of carbonyl (C=O) groups is 3.